The highest BCUT2D eigenvalue weighted by molar-refractivity contribution is 6.30. The zero-order valence-corrected chi connectivity index (χ0v) is 10.8. The van der Waals surface area contributed by atoms with E-state index in [-0.39, 0.29) is 16.9 Å². The Balaban J connectivity index is 2.26. The number of rotatable bonds is 5. The van der Waals surface area contributed by atoms with E-state index in [9.17, 15) is 4.39 Å². The molecule has 2 aromatic rings. The lowest BCUT2D eigenvalue weighted by molar-refractivity contribution is 0.503. The van der Waals surface area contributed by atoms with Crippen molar-refractivity contribution in [3.05, 3.63) is 52.8 Å². The molecule has 0 aliphatic rings. The first-order valence-electron chi connectivity index (χ1n) is 5.88. The number of imidazole rings is 1. The molecule has 2 N–H and O–H groups in total. The Kier molecular flexibility index (Phi) is 4.33. The molecule has 1 aromatic heterocycles. The normalized spacial score (nSPS) is 12.6. The van der Waals surface area contributed by atoms with E-state index >= 15 is 0 Å². The highest BCUT2D eigenvalue weighted by atomic mass is 35.5. The van der Waals surface area contributed by atoms with Crippen LogP contribution in [0.3, 0.4) is 0 Å². The molecule has 1 atom stereocenters. The monoisotopic (exact) mass is 267 g/mol. The van der Waals surface area contributed by atoms with Crippen LogP contribution in [0.4, 0.5) is 4.39 Å². The zero-order valence-electron chi connectivity index (χ0n) is 10.1. The van der Waals surface area contributed by atoms with Crippen molar-refractivity contribution in [2.45, 2.75) is 19.4 Å². The Labute approximate surface area is 110 Å². The summed E-state index contributed by atoms with van der Waals surface area (Å²) in [5.41, 5.74) is 0.570. The van der Waals surface area contributed by atoms with Crippen molar-refractivity contribution in [2.24, 2.45) is 0 Å². The van der Waals surface area contributed by atoms with Crippen molar-refractivity contribution in [1.29, 1.82) is 0 Å². The molecule has 1 heterocycles. The summed E-state index contributed by atoms with van der Waals surface area (Å²) in [5.74, 6) is 0.456. The predicted molar refractivity (Wildman–Crippen MR) is 70.1 cm³/mol. The summed E-state index contributed by atoms with van der Waals surface area (Å²) in [4.78, 5) is 7.19. The van der Waals surface area contributed by atoms with Gasteiger partial charge in [-0.05, 0) is 12.6 Å². The molecular weight excluding hydrogens is 253 g/mol. The van der Waals surface area contributed by atoms with Gasteiger partial charge in [0.25, 0.3) is 0 Å². The predicted octanol–water partition coefficient (Wildman–Crippen LogP) is 3.10. The van der Waals surface area contributed by atoms with Gasteiger partial charge in [-0.1, -0.05) is 30.7 Å². The van der Waals surface area contributed by atoms with E-state index in [4.69, 9.17) is 11.6 Å². The Morgan fingerprint density at radius 1 is 1.50 bits per heavy atom. The van der Waals surface area contributed by atoms with Crippen LogP contribution in [0.2, 0.25) is 5.02 Å². The molecule has 18 heavy (non-hydrogen) atoms. The standard InChI is InChI=1S/C13H15ClFN3/c1-2-16-11(8-12-17-6-7-18-12)9-4-3-5-10(14)13(9)15/h3-7,11,16H,2,8H2,1H3,(H,17,18). The molecule has 1 unspecified atom stereocenters. The summed E-state index contributed by atoms with van der Waals surface area (Å²) in [7, 11) is 0. The number of H-pyrrole nitrogens is 1. The van der Waals surface area contributed by atoms with E-state index in [0.29, 0.717) is 12.0 Å². The topological polar surface area (TPSA) is 40.7 Å². The first-order chi connectivity index (χ1) is 8.72. The van der Waals surface area contributed by atoms with E-state index in [1.165, 1.54) is 0 Å². The molecule has 0 bridgehead atoms. The summed E-state index contributed by atoms with van der Waals surface area (Å²) in [6, 6.07) is 4.92. The highest BCUT2D eigenvalue weighted by Gasteiger charge is 2.17. The second kappa shape index (κ2) is 5.98. The lowest BCUT2D eigenvalue weighted by atomic mass is 10.0. The number of nitrogens with one attached hydrogen (secondary N) is 2. The summed E-state index contributed by atoms with van der Waals surface area (Å²) < 4.78 is 14.0. The highest BCUT2D eigenvalue weighted by Crippen LogP contribution is 2.25. The van der Waals surface area contributed by atoms with Gasteiger partial charge in [0.1, 0.15) is 11.6 Å². The molecule has 0 aliphatic carbocycles. The third kappa shape index (κ3) is 2.89. The number of aromatic nitrogens is 2. The molecule has 0 fully saturated rings. The van der Waals surface area contributed by atoms with Crippen molar-refractivity contribution < 1.29 is 4.39 Å². The first kappa shape index (κ1) is 13.1. The minimum atomic E-state index is -0.364. The van der Waals surface area contributed by atoms with Crippen LogP contribution in [0, 0.1) is 5.82 Å². The van der Waals surface area contributed by atoms with Crippen molar-refractivity contribution in [3.63, 3.8) is 0 Å². The first-order valence-corrected chi connectivity index (χ1v) is 6.25. The van der Waals surface area contributed by atoms with Crippen molar-refractivity contribution >= 4 is 11.6 Å². The summed E-state index contributed by atoms with van der Waals surface area (Å²) in [6.45, 7) is 2.73. The SMILES string of the molecule is CCNC(Cc1ncc[nH]1)c1cccc(Cl)c1F. The van der Waals surface area contributed by atoms with Gasteiger partial charge in [0, 0.05) is 30.4 Å². The third-order valence-corrected chi connectivity index (χ3v) is 3.05. The van der Waals surface area contributed by atoms with Gasteiger partial charge in [-0.25, -0.2) is 9.37 Å². The number of benzene rings is 1. The van der Waals surface area contributed by atoms with E-state index in [0.717, 1.165) is 12.4 Å². The lowest BCUT2D eigenvalue weighted by Gasteiger charge is -2.18. The maximum absolute atomic E-state index is 14.0. The maximum Gasteiger partial charge on any atom is 0.146 e. The number of halogens is 2. The van der Waals surface area contributed by atoms with Gasteiger partial charge in [0.05, 0.1) is 5.02 Å². The van der Waals surface area contributed by atoms with Gasteiger partial charge in [-0.2, -0.15) is 0 Å². The van der Waals surface area contributed by atoms with Crippen molar-refractivity contribution in [1.82, 2.24) is 15.3 Å². The quantitative estimate of drug-likeness (QED) is 0.874. The van der Waals surface area contributed by atoms with Gasteiger partial charge >= 0.3 is 0 Å². The molecular formula is C13H15ClFN3. The molecule has 2 rings (SSSR count). The molecule has 0 saturated carbocycles. The molecule has 3 nitrogen and oxygen atoms in total. The molecule has 0 saturated heterocycles. The minimum Gasteiger partial charge on any atom is -0.349 e. The smallest absolute Gasteiger partial charge is 0.146 e. The molecule has 0 aliphatic heterocycles. The van der Waals surface area contributed by atoms with Crippen LogP contribution in [0.15, 0.2) is 30.6 Å². The van der Waals surface area contributed by atoms with E-state index < -0.39 is 0 Å². The number of likely N-dealkylation sites (N-methyl/N-ethyl adjacent to an activating group) is 1. The Bertz CT molecular complexity index is 499. The van der Waals surface area contributed by atoms with Crippen LogP contribution in [0.5, 0.6) is 0 Å². The fraction of sp³-hybridized carbons (Fsp3) is 0.308. The maximum atomic E-state index is 14.0. The molecule has 0 spiro atoms. The Morgan fingerprint density at radius 3 is 3.00 bits per heavy atom. The average Bonchev–Trinajstić information content (AvgIpc) is 2.85. The van der Waals surface area contributed by atoms with Crippen molar-refractivity contribution in [2.75, 3.05) is 6.54 Å². The number of hydrogen-bond acceptors (Lipinski definition) is 2. The van der Waals surface area contributed by atoms with E-state index in [2.05, 4.69) is 15.3 Å². The molecule has 0 amide bonds. The van der Waals surface area contributed by atoms with Crippen LogP contribution in [0.25, 0.3) is 0 Å². The summed E-state index contributed by atoms with van der Waals surface area (Å²) in [6.07, 6.45) is 4.04. The van der Waals surface area contributed by atoms with Crippen molar-refractivity contribution in [3.8, 4) is 0 Å². The second-order valence-electron chi connectivity index (χ2n) is 3.99. The third-order valence-electron chi connectivity index (χ3n) is 2.76. The largest absolute Gasteiger partial charge is 0.349 e. The van der Waals surface area contributed by atoms with Crippen LogP contribution in [0.1, 0.15) is 24.4 Å². The molecule has 0 radical (unpaired) electrons. The summed E-state index contributed by atoms with van der Waals surface area (Å²) >= 11 is 5.81. The van der Waals surface area contributed by atoms with E-state index in [1.807, 2.05) is 6.92 Å². The van der Waals surface area contributed by atoms with Crippen LogP contribution >= 0.6 is 11.6 Å². The average molecular weight is 268 g/mol. The van der Waals surface area contributed by atoms with Crippen LogP contribution in [-0.2, 0) is 6.42 Å². The number of nitrogens with zero attached hydrogens (tertiary/aromatic N) is 1. The molecule has 96 valence electrons. The second-order valence-corrected chi connectivity index (χ2v) is 4.40. The Hall–Kier alpha value is -1.39. The minimum absolute atomic E-state index is 0.139. The van der Waals surface area contributed by atoms with Gasteiger partial charge in [0.2, 0.25) is 0 Å². The number of aromatic amines is 1. The summed E-state index contributed by atoms with van der Waals surface area (Å²) in [5, 5.41) is 3.39. The lowest BCUT2D eigenvalue weighted by Crippen LogP contribution is -2.24. The fourth-order valence-corrected chi connectivity index (χ4v) is 2.11. The van der Waals surface area contributed by atoms with E-state index in [1.54, 1.807) is 30.6 Å². The van der Waals surface area contributed by atoms with Crippen LogP contribution in [-0.4, -0.2) is 16.5 Å². The van der Waals surface area contributed by atoms with Crippen LogP contribution < -0.4 is 5.32 Å². The molecule has 1 aromatic carbocycles. The van der Waals surface area contributed by atoms with Gasteiger partial charge < -0.3 is 10.3 Å². The van der Waals surface area contributed by atoms with Gasteiger partial charge in [0.15, 0.2) is 0 Å². The Morgan fingerprint density at radius 2 is 2.33 bits per heavy atom. The van der Waals surface area contributed by atoms with Gasteiger partial charge in [-0.3, -0.25) is 0 Å². The number of hydrogen-bond donors (Lipinski definition) is 2. The molecule has 5 heteroatoms. The van der Waals surface area contributed by atoms with Gasteiger partial charge in [-0.15, -0.1) is 0 Å². The zero-order chi connectivity index (χ0) is 13.0. The fourth-order valence-electron chi connectivity index (χ4n) is 1.93.